The van der Waals surface area contributed by atoms with Crippen LogP contribution < -0.4 is 0 Å². The summed E-state index contributed by atoms with van der Waals surface area (Å²) >= 11 is 0. The molecular formula is C11H10N2O4. The van der Waals surface area contributed by atoms with Gasteiger partial charge in [0.2, 0.25) is 5.90 Å². The van der Waals surface area contributed by atoms with Crippen LogP contribution in [0.15, 0.2) is 23.2 Å². The Balaban J connectivity index is 2.66. The van der Waals surface area contributed by atoms with E-state index in [1.54, 1.807) is 13.8 Å². The zero-order valence-electron chi connectivity index (χ0n) is 9.34. The molecule has 88 valence electrons. The van der Waals surface area contributed by atoms with Gasteiger partial charge in [0.1, 0.15) is 5.56 Å². The second-order valence-electron chi connectivity index (χ2n) is 3.87. The highest BCUT2D eigenvalue weighted by Gasteiger charge is 2.35. The van der Waals surface area contributed by atoms with Crippen LogP contribution in [0.5, 0.6) is 0 Å². The number of carbonyl (C=O) groups is 1. The minimum absolute atomic E-state index is 0.0345. The van der Waals surface area contributed by atoms with Crippen LogP contribution >= 0.6 is 0 Å². The van der Waals surface area contributed by atoms with Crippen molar-refractivity contribution in [3.05, 3.63) is 39.4 Å². The predicted octanol–water partition coefficient (Wildman–Crippen LogP) is 1.92. The Bertz CT molecular complexity index is 534. The standard InChI is InChI=1S/C11H10N2O4/c1-6(2)12-10-9-7(11(14)17-10)4-3-5-8(9)13(15)16/h3-6H,1-2H3/b12-10+. The number of cyclic esters (lactones) is 1. The molecule has 0 saturated carbocycles. The average molecular weight is 234 g/mol. The van der Waals surface area contributed by atoms with Crippen LogP contribution in [0.2, 0.25) is 0 Å². The van der Waals surface area contributed by atoms with E-state index in [1.165, 1.54) is 18.2 Å². The van der Waals surface area contributed by atoms with Gasteiger partial charge in [0.25, 0.3) is 5.69 Å². The largest absolute Gasteiger partial charge is 0.403 e. The first-order valence-corrected chi connectivity index (χ1v) is 5.08. The van der Waals surface area contributed by atoms with Crippen LogP contribution in [0.4, 0.5) is 5.69 Å². The van der Waals surface area contributed by atoms with Gasteiger partial charge in [-0.2, -0.15) is 0 Å². The fourth-order valence-electron chi connectivity index (χ4n) is 1.61. The molecule has 0 radical (unpaired) electrons. The van der Waals surface area contributed by atoms with E-state index in [2.05, 4.69) is 4.99 Å². The van der Waals surface area contributed by atoms with E-state index in [1.807, 2.05) is 0 Å². The molecule has 17 heavy (non-hydrogen) atoms. The summed E-state index contributed by atoms with van der Waals surface area (Å²) in [5.74, 6) is -0.560. The first-order valence-electron chi connectivity index (χ1n) is 5.08. The SMILES string of the molecule is CC(C)/N=C1/OC(=O)c2cccc([N+](=O)[O-])c21. The summed E-state index contributed by atoms with van der Waals surface area (Å²) in [7, 11) is 0. The number of aliphatic imine (C=N–C) groups is 1. The minimum Gasteiger partial charge on any atom is -0.403 e. The highest BCUT2D eigenvalue weighted by atomic mass is 16.6. The number of hydrogen-bond acceptors (Lipinski definition) is 5. The quantitative estimate of drug-likeness (QED) is 0.444. The van der Waals surface area contributed by atoms with Gasteiger partial charge in [-0.15, -0.1) is 0 Å². The highest BCUT2D eigenvalue weighted by molar-refractivity contribution is 6.18. The highest BCUT2D eigenvalue weighted by Crippen LogP contribution is 2.29. The van der Waals surface area contributed by atoms with Gasteiger partial charge in [0, 0.05) is 12.1 Å². The van der Waals surface area contributed by atoms with E-state index >= 15 is 0 Å². The number of carbonyl (C=O) groups excluding carboxylic acids is 1. The molecule has 6 nitrogen and oxygen atoms in total. The van der Waals surface area contributed by atoms with Gasteiger partial charge in [-0.1, -0.05) is 6.07 Å². The van der Waals surface area contributed by atoms with Gasteiger partial charge >= 0.3 is 5.97 Å². The Hall–Kier alpha value is -2.24. The van der Waals surface area contributed by atoms with Crippen LogP contribution in [0.3, 0.4) is 0 Å². The molecule has 0 aliphatic carbocycles. The van der Waals surface area contributed by atoms with E-state index in [0.29, 0.717) is 0 Å². The van der Waals surface area contributed by atoms with Gasteiger partial charge in [-0.05, 0) is 19.9 Å². The Kier molecular flexibility index (Phi) is 2.63. The predicted molar refractivity (Wildman–Crippen MR) is 60.2 cm³/mol. The second kappa shape index (κ2) is 3.97. The van der Waals surface area contributed by atoms with Crippen molar-refractivity contribution >= 4 is 17.6 Å². The van der Waals surface area contributed by atoms with Crippen LogP contribution in [-0.4, -0.2) is 22.8 Å². The number of rotatable bonds is 2. The van der Waals surface area contributed by atoms with Crippen molar-refractivity contribution in [1.82, 2.24) is 0 Å². The molecule has 0 N–H and O–H groups in total. The first kappa shape index (κ1) is 11.3. The first-order chi connectivity index (χ1) is 8.00. The average Bonchev–Trinajstić information content (AvgIpc) is 2.55. The summed E-state index contributed by atoms with van der Waals surface area (Å²) in [4.78, 5) is 25.9. The van der Waals surface area contributed by atoms with Crippen molar-refractivity contribution in [2.75, 3.05) is 0 Å². The second-order valence-corrected chi connectivity index (χ2v) is 3.87. The minimum atomic E-state index is -0.594. The zero-order chi connectivity index (χ0) is 12.6. The molecule has 0 bridgehead atoms. The molecular weight excluding hydrogens is 224 g/mol. The molecule has 1 aromatic carbocycles. The summed E-state index contributed by atoms with van der Waals surface area (Å²) in [6.45, 7) is 3.60. The smallest absolute Gasteiger partial charge is 0.345 e. The van der Waals surface area contributed by atoms with Gasteiger partial charge in [0.15, 0.2) is 0 Å². The van der Waals surface area contributed by atoms with Gasteiger partial charge < -0.3 is 4.74 Å². The van der Waals surface area contributed by atoms with Crippen molar-refractivity contribution in [1.29, 1.82) is 0 Å². The van der Waals surface area contributed by atoms with Gasteiger partial charge in [-0.3, -0.25) is 10.1 Å². The summed E-state index contributed by atoms with van der Waals surface area (Å²) in [5.41, 5.74) is 0.211. The zero-order valence-corrected chi connectivity index (χ0v) is 9.34. The molecule has 0 atom stereocenters. The fraction of sp³-hybridized carbons (Fsp3) is 0.273. The maximum absolute atomic E-state index is 11.5. The maximum atomic E-state index is 11.5. The summed E-state index contributed by atoms with van der Waals surface area (Å²) in [5, 5.41) is 10.9. The molecule has 0 fully saturated rings. The van der Waals surface area contributed by atoms with Crippen molar-refractivity contribution < 1.29 is 14.5 Å². The van der Waals surface area contributed by atoms with Gasteiger partial charge in [0.05, 0.1) is 10.5 Å². The van der Waals surface area contributed by atoms with Gasteiger partial charge in [-0.25, -0.2) is 9.79 Å². The third-order valence-corrected chi connectivity index (χ3v) is 2.24. The van der Waals surface area contributed by atoms with E-state index in [-0.39, 0.29) is 28.8 Å². The third kappa shape index (κ3) is 1.89. The van der Waals surface area contributed by atoms with E-state index in [0.717, 1.165) is 0 Å². The number of hydrogen-bond donors (Lipinski definition) is 0. The fourth-order valence-corrected chi connectivity index (χ4v) is 1.61. The van der Waals surface area contributed by atoms with Crippen molar-refractivity contribution in [3.63, 3.8) is 0 Å². The molecule has 1 aliphatic heterocycles. The van der Waals surface area contributed by atoms with Crippen LogP contribution in [0.25, 0.3) is 0 Å². The molecule has 0 aromatic heterocycles. The van der Waals surface area contributed by atoms with E-state index in [4.69, 9.17) is 4.74 Å². The number of benzene rings is 1. The molecule has 0 saturated heterocycles. The maximum Gasteiger partial charge on any atom is 0.345 e. The Labute approximate surface area is 97.1 Å². The van der Waals surface area contributed by atoms with Crippen LogP contribution in [0, 0.1) is 10.1 Å². The van der Waals surface area contributed by atoms with Crippen molar-refractivity contribution in [3.8, 4) is 0 Å². The lowest BCUT2D eigenvalue weighted by molar-refractivity contribution is -0.385. The van der Waals surface area contributed by atoms with Crippen LogP contribution in [0.1, 0.15) is 29.8 Å². The molecule has 0 unspecified atom stereocenters. The lowest BCUT2D eigenvalue weighted by Crippen LogP contribution is -2.06. The number of ether oxygens (including phenoxy) is 1. The summed E-state index contributed by atoms with van der Waals surface area (Å²) in [6, 6.07) is 4.17. The molecule has 0 amide bonds. The third-order valence-electron chi connectivity index (χ3n) is 2.24. The molecule has 6 heteroatoms. The normalized spacial score (nSPS) is 16.2. The molecule has 1 aromatic rings. The lowest BCUT2D eigenvalue weighted by Gasteiger charge is -2.01. The van der Waals surface area contributed by atoms with Crippen molar-refractivity contribution in [2.45, 2.75) is 19.9 Å². The number of fused-ring (bicyclic) bond motifs is 1. The number of nitro groups is 1. The number of nitro benzene ring substituents is 1. The van der Waals surface area contributed by atoms with Crippen LogP contribution in [-0.2, 0) is 4.74 Å². The lowest BCUT2D eigenvalue weighted by atomic mass is 10.1. The molecule has 1 heterocycles. The molecule has 2 rings (SSSR count). The van der Waals surface area contributed by atoms with Crippen molar-refractivity contribution in [2.24, 2.45) is 4.99 Å². The molecule has 0 spiro atoms. The Morgan fingerprint density at radius 2 is 2.12 bits per heavy atom. The molecule has 1 aliphatic rings. The summed E-state index contributed by atoms with van der Waals surface area (Å²) < 4.78 is 4.94. The summed E-state index contributed by atoms with van der Waals surface area (Å²) in [6.07, 6.45) is 0. The topological polar surface area (TPSA) is 81.8 Å². The number of nitrogens with zero attached hydrogens (tertiary/aromatic N) is 2. The Morgan fingerprint density at radius 3 is 2.71 bits per heavy atom. The Morgan fingerprint density at radius 1 is 1.41 bits per heavy atom. The monoisotopic (exact) mass is 234 g/mol. The number of esters is 1. The van der Waals surface area contributed by atoms with E-state index in [9.17, 15) is 14.9 Å². The van der Waals surface area contributed by atoms with E-state index < -0.39 is 10.9 Å².